The number of hydrogen-bond donors (Lipinski definition) is 0. The molecule has 0 heterocycles. The van der Waals surface area contributed by atoms with Gasteiger partial charge in [-0.05, 0) is 157 Å². The number of fused-ring (bicyclic) bond motifs is 12. The summed E-state index contributed by atoms with van der Waals surface area (Å²) < 4.78 is 0. The summed E-state index contributed by atoms with van der Waals surface area (Å²) >= 11 is 0. The Labute approximate surface area is 324 Å². The van der Waals surface area contributed by atoms with Gasteiger partial charge in [0.1, 0.15) is 0 Å². The van der Waals surface area contributed by atoms with Gasteiger partial charge in [-0.3, -0.25) is 0 Å². The third kappa shape index (κ3) is 3.83. The fourth-order valence-corrected chi connectivity index (χ4v) is 10.7. The van der Waals surface area contributed by atoms with Crippen LogP contribution in [0.1, 0.15) is 11.1 Å². The molecule has 1 aliphatic carbocycles. The third-order valence-corrected chi connectivity index (χ3v) is 13.0. The Morgan fingerprint density at radius 1 is 0.250 bits per heavy atom. The quantitative estimate of drug-likeness (QED) is 0.124. The van der Waals surface area contributed by atoms with Gasteiger partial charge in [-0.1, -0.05) is 169 Å². The second-order valence-corrected chi connectivity index (χ2v) is 16.1. The van der Waals surface area contributed by atoms with E-state index in [1.54, 1.807) is 0 Å². The molecule has 0 bridgehead atoms. The molecule has 0 nitrogen and oxygen atoms in total. The van der Waals surface area contributed by atoms with E-state index in [1.807, 2.05) is 0 Å². The van der Waals surface area contributed by atoms with E-state index in [-0.39, 0.29) is 0 Å². The van der Waals surface area contributed by atoms with Gasteiger partial charge >= 0.3 is 0 Å². The molecular weight excluding hydrogens is 673 g/mol. The molecule has 0 fully saturated rings. The monoisotopic (exact) mass is 706 g/mol. The van der Waals surface area contributed by atoms with E-state index in [4.69, 9.17) is 0 Å². The van der Waals surface area contributed by atoms with Crippen LogP contribution in [0.25, 0.3) is 131 Å². The lowest BCUT2D eigenvalue weighted by atomic mass is 9.80. The highest BCUT2D eigenvalue weighted by atomic mass is 14.3. The summed E-state index contributed by atoms with van der Waals surface area (Å²) in [5.74, 6) is 0. The summed E-state index contributed by atoms with van der Waals surface area (Å²) in [4.78, 5) is 0. The average molecular weight is 707 g/mol. The summed E-state index contributed by atoms with van der Waals surface area (Å²) in [6, 6.07) is 64.7. The molecule has 0 saturated carbocycles. The molecule has 12 aromatic rings. The number of hydrogen-bond acceptors (Lipinski definition) is 0. The highest BCUT2D eigenvalue weighted by Gasteiger charge is 2.29. The SMILES string of the molecule is Cc1ccc2c(c1)c1cc(C)ccc1c1c(-c3ccccc3)c3cc4c(cc3c(-c3ccccc3)c21)-c1ccc2c3cccc5cccc(c6ccc-4c1c26)c53. The first kappa shape index (κ1) is 30.3. The van der Waals surface area contributed by atoms with Crippen molar-refractivity contribution in [2.75, 3.05) is 0 Å². The van der Waals surface area contributed by atoms with Gasteiger partial charge in [0, 0.05) is 0 Å². The van der Waals surface area contributed by atoms with E-state index < -0.39 is 0 Å². The van der Waals surface area contributed by atoms with Gasteiger partial charge in [0.15, 0.2) is 0 Å². The molecule has 12 aromatic carbocycles. The van der Waals surface area contributed by atoms with Gasteiger partial charge in [-0.15, -0.1) is 0 Å². The number of rotatable bonds is 2. The zero-order valence-electron chi connectivity index (χ0n) is 31.2. The molecule has 0 amide bonds. The van der Waals surface area contributed by atoms with Crippen molar-refractivity contribution < 1.29 is 0 Å². The first-order valence-corrected chi connectivity index (χ1v) is 19.8. The zero-order valence-corrected chi connectivity index (χ0v) is 31.2. The lowest BCUT2D eigenvalue weighted by Gasteiger charge is -2.23. The van der Waals surface area contributed by atoms with Crippen molar-refractivity contribution >= 4 is 86.2 Å². The van der Waals surface area contributed by atoms with E-state index in [9.17, 15) is 0 Å². The molecule has 0 saturated heterocycles. The molecule has 1 aliphatic rings. The van der Waals surface area contributed by atoms with Crippen LogP contribution in [-0.4, -0.2) is 0 Å². The third-order valence-electron chi connectivity index (χ3n) is 13.0. The molecule has 258 valence electrons. The molecule has 0 aromatic heterocycles. The molecule has 0 radical (unpaired) electrons. The van der Waals surface area contributed by atoms with Crippen LogP contribution in [0.3, 0.4) is 0 Å². The maximum atomic E-state index is 2.55. The van der Waals surface area contributed by atoms with Crippen molar-refractivity contribution in [2.24, 2.45) is 0 Å². The van der Waals surface area contributed by atoms with Gasteiger partial charge in [0.05, 0.1) is 0 Å². The highest BCUT2D eigenvalue weighted by Crippen LogP contribution is 2.56. The van der Waals surface area contributed by atoms with Crippen molar-refractivity contribution in [3.05, 3.63) is 181 Å². The molecule has 13 rings (SSSR count). The smallest absolute Gasteiger partial charge is 0.000763 e. The summed E-state index contributed by atoms with van der Waals surface area (Å²) in [5.41, 5.74) is 13.0. The van der Waals surface area contributed by atoms with Crippen LogP contribution in [0.15, 0.2) is 170 Å². The lowest BCUT2D eigenvalue weighted by Crippen LogP contribution is -1.95. The first-order chi connectivity index (χ1) is 27.6. The van der Waals surface area contributed by atoms with Crippen LogP contribution in [0.5, 0.6) is 0 Å². The predicted octanol–water partition coefficient (Wildman–Crippen LogP) is 15.9. The van der Waals surface area contributed by atoms with Crippen LogP contribution in [0.4, 0.5) is 0 Å². The Morgan fingerprint density at radius 3 is 1.16 bits per heavy atom. The first-order valence-electron chi connectivity index (χ1n) is 19.8. The van der Waals surface area contributed by atoms with Crippen molar-refractivity contribution in [1.82, 2.24) is 0 Å². The normalized spacial score (nSPS) is 12.5. The minimum absolute atomic E-state index is 1.24. The lowest BCUT2D eigenvalue weighted by molar-refractivity contribution is 1.50. The largest absolute Gasteiger partial charge is 0.0622 e. The highest BCUT2D eigenvalue weighted by molar-refractivity contribution is 6.40. The maximum Gasteiger partial charge on any atom is -0.000763 e. The van der Waals surface area contributed by atoms with E-state index in [2.05, 4.69) is 184 Å². The fraction of sp³-hybridized carbons (Fsp3) is 0.0357. The molecular formula is C56H34. The Hall–Kier alpha value is -7.02. The van der Waals surface area contributed by atoms with Gasteiger partial charge < -0.3 is 0 Å². The van der Waals surface area contributed by atoms with Gasteiger partial charge in [-0.25, -0.2) is 0 Å². The van der Waals surface area contributed by atoms with Gasteiger partial charge in [0.2, 0.25) is 0 Å². The molecule has 0 unspecified atom stereocenters. The van der Waals surface area contributed by atoms with E-state index in [1.165, 1.54) is 142 Å². The van der Waals surface area contributed by atoms with E-state index in [0.717, 1.165) is 0 Å². The molecule has 0 spiro atoms. The number of aryl methyl sites for hydroxylation is 2. The fourth-order valence-electron chi connectivity index (χ4n) is 10.7. The molecule has 0 heteroatoms. The second kappa shape index (κ2) is 10.8. The molecule has 0 N–H and O–H groups in total. The molecule has 0 atom stereocenters. The van der Waals surface area contributed by atoms with Crippen LogP contribution in [0.2, 0.25) is 0 Å². The summed E-state index contributed by atoms with van der Waals surface area (Å²) in [6.07, 6.45) is 0. The van der Waals surface area contributed by atoms with Crippen molar-refractivity contribution in [3.8, 4) is 44.5 Å². The predicted molar refractivity (Wildman–Crippen MR) is 242 cm³/mol. The summed E-state index contributed by atoms with van der Waals surface area (Å²) in [6.45, 7) is 4.44. The summed E-state index contributed by atoms with van der Waals surface area (Å²) in [5, 5.41) is 21.3. The second-order valence-electron chi connectivity index (χ2n) is 16.1. The van der Waals surface area contributed by atoms with E-state index in [0.29, 0.717) is 0 Å². The Bertz CT molecular complexity index is 3450. The minimum atomic E-state index is 1.24. The Kier molecular flexibility index (Phi) is 5.85. The molecule has 56 heavy (non-hydrogen) atoms. The Balaban J connectivity index is 1.27. The van der Waals surface area contributed by atoms with Crippen LogP contribution in [0, 0.1) is 13.8 Å². The van der Waals surface area contributed by atoms with Crippen LogP contribution in [-0.2, 0) is 0 Å². The molecule has 0 aliphatic heterocycles. The topological polar surface area (TPSA) is 0 Å². The van der Waals surface area contributed by atoms with Gasteiger partial charge in [-0.2, -0.15) is 0 Å². The minimum Gasteiger partial charge on any atom is -0.0622 e. The maximum absolute atomic E-state index is 2.55. The number of benzene rings is 12. The summed E-state index contributed by atoms with van der Waals surface area (Å²) in [7, 11) is 0. The van der Waals surface area contributed by atoms with Crippen molar-refractivity contribution in [1.29, 1.82) is 0 Å². The van der Waals surface area contributed by atoms with Crippen molar-refractivity contribution in [3.63, 3.8) is 0 Å². The Morgan fingerprint density at radius 2 is 0.679 bits per heavy atom. The van der Waals surface area contributed by atoms with Gasteiger partial charge in [0.25, 0.3) is 0 Å². The zero-order chi connectivity index (χ0) is 36.8. The standard InChI is InChI=1S/C56H34/c1-31-19-21-42-44(27-31)45-28-32(2)20-22-43(45)56-52(35-13-7-4-8-14-35)49-30-47-41-26-24-39-37-18-10-16-33-15-9-17-36(50(33)37)38-23-25-40(54(41)53(38)39)46(47)29-48(49)51(55(42)56)34-11-5-3-6-12-34/h3-30H,1-2H3. The van der Waals surface area contributed by atoms with Crippen LogP contribution < -0.4 is 0 Å². The average Bonchev–Trinajstić information content (AvgIpc) is 3.56. The van der Waals surface area contributed by atoms with Crippen molar-refractivity contribution in [2.45, 2.75) is 13.8 Å². The van der Waals surface area contributed by atoms with E-state index >= 15 is 0 Å². The van der Waals surface area contributed by atoms with Crippen LogP contribution >= 0.6 is 0 Å².